The maximum absolute atomic E-state index is 11.6. The zero-order valence-electron chi connectivity index (χ0n) is 10.6. The molecule has 0 saturated heterocycles. The Balaban J connectivity index is 2.28. The van der Waals surface area contributed by atoms with Gasteiger partial charge in [-0.1, -0.05) is 17.7 Å². The minimum Gasteiger partial charge on any atom is -0.462 e. The number of hydrogen-bond donors (Lipinski definition) is 2. The molecule has 0 atom stereocenters. The lowest BCUT2D eigenvalue weighted by molar-refractivity contribution is 0.0524. The summed E-state index contributed by atoms with van der Waals surface area (Å²) in [7, 11) is 0. The van der Waals surface area contributed by atoms with Crippen molar-refractivity contribution in [2.75, 3.05) is 11.9 Å². The Morgan fingerprint density at radius 2 is 2.05 bits per heavy atom. The van der Waals surface area contributed by atoms with Gasteiger partial charge in [0, 0.05) is 5.69 Å². The van der Waals surface area contributed by atoms with Gasteiger partial charge in [0.15, 0.2) is 11.4 Å². The number of H-pyrrole nitrogens is 1. The molecule has 0 aliphatic carbocycles. The number of aromatic amines is 1. The van der Waals surface area contributed by atoms with Crippen LogP contribution in [0.5, 0.6) is 0 Å². The van der Waals surface area contributed by atoms with E-state index in [1.165, 1.54) is 0 Å². The van der Waals surface area contributed by atoms with Crippen LogP contribution in [0.25, 0.3) is 0 Å². The minimum absolute atomic E-state index is 0.164. The molecule has 100 valence electrons. The summed E-state index contributed by atoms with van der Waals surface area (Å²) in [5, 5.41) is 5.29. The first-order chi connectivity index (χ1) is 9.11. The molecule has 2 aromatic rings. The van der Waals surface area contributed by atoms with Gasteiger partial charge in [-0.05, 0) is 26.0 Å². The van der Waals surface area contributed by atoms with Gasteiger partial charge >= 0.3 is 11.6 Å². The van der Waals surface area contributed by atoms with Gasteiger partial charge in [-0.15, -0.1) is 0 Å². The van der Waals surface area contributed by atoms with E-state index < -0.39 is 11.6 Å². The highest BCUT2D eigenvalue weighted by Crippen LogP contribution is 2.17. The van der Waals surface area contributed by atoms with Crippen LogP contribution in [0, 0.1) is 6.92 Å². The van der Waals surface area contributed by atoms with E-state index in [0.29, 0.717) is 0 Å². The van der Waals surface area contributed by atoms with Crippen molar-refractivity contribution in [2.45, 2.75) is 13.8 Å². The molecule has 19 heavy (non-hydrogen) atoms. The van der Waals surface area contributed by atoms with Crippen LogP contribution in [0.4, 0.5) is 11.5 Å². The molecule has 0 aliphatic heterocycles. The van der Waals surface area contributed by atoms with Crippen LogP contribution in [-0.2, 0) is 4.74 Å². The highest BCUT2D eigenvalue weighted by atomic mass is 16.5. The standard InChI is InChI=1S/C13H14N2O4/c1-3-18-12(16)10-11(15-19-13(10)17)14-9-6-4-8(2)5-7-9/h4-7,14-15H,3H2,1-2H3. The lowest BCUT2D eigenvalue weighted by atomic mass is 10.2. The molecule has 1 heterocycles. The lowest BCUT2D eigenvalue weighted by Crippen LogP contribution is -2.14. The second-order valence-corrected chi connectivity index (χ2v) is 3.95. The summed E-state index contributed by atoms with van der Waals surface area (Å²) in [5.74, 6) is -0.528. The third-order valence-corrected chi connectivity index (χ3v) is 2.50. The van der Waals surface area contributed by atoms with Crippen LogP contribution in [0.3, 0.4) is 0 Å². The molecule has 0 amide bonds. The van der Waals surface area contributed by atoms with Gasteiger partial charge in [-0.3, -0.25) is 0 Å². The number of anilines is 2. The topological polar surface area (TPSA) is 84.3 Å². The van der Waals surface area contributed by atoms with E-state index >= 15 is 0 Å². The van der Waals surface area contributed by atoms with Gasteiger partial charge in [0.2, 0.25) is 0 Å². The van der Waals surface area contributed by atoms with Gasteiger partial charge < -0.3 is 14.6 Å². The second-order valence-electron chi connectivity index (χ2n) is 3.95. The normalized spacial score (nSPS) is 10.2. The van der Waals surface area contributed by atoms with E-state index in [-0.39, 0.29) is 18.0 Å². The summed E-state index contributed by atoms with van der Waals surface area (Å²) < 4.78 is 9.42. The molecular weight excluding hydrogens is 248 g/mol. The van der Waals surface area contributed by atoms with Crippen LogP contribution in [0.2, 0.25) is 0 Å². The highest BCUT2D eigenvalue weighted by Gasteiger charge is 2.21. The predicted octanol–water partition coefficient (Wildman–Crippen LogP) is 2.20. The number of hydrogen-bond acceptors (Lipinski definition) is 5. The van der Waals surface area contributed by atoms with E-state index in [9.17, 15) is 9.59 Å². The van der Waals surface area contributed by atoms with Crippen molar-refractivity contribution in [3.05, 3.63) is 45.8 Å². The van der Waals surface area contributed by atoms with Crippen molar-refractivity contribution in [1.82, 2.24) is 5.16 Å². The Kier molecular flexibility index (Phi) is 3.70. The number of carbonyl (C=O) groups excluding carboxylic acids is 1. The lowest BCUT2D eigenvalue weighted by Gasteiger charge is -2.05. The molecule has 6 heteroatoms. The van der Waals surface area contributed by atoms with Crippen molar-refractivity contribution in [1.29, 1.82) is 0 Å². The highest BCUT2D eigenvalue weighted by molar-refractivity contribution is 5.94. The van der Waals surface area contributed by atoms with Gasteiger partial charge in [0.25, 0.3) is 0 Å². The van der Waals surface area contributed by atoms with Crippen LogP contribution in [0.15, 0.2) is 33.6 Å². The van der Waals surface area contributed by atoms with E-state index in [2.05, 4.69) is 15.0 Å². The SMILES string of the molecule is CCOC(=O)c1c(Nc2ccc(C)cc2)[nH]oc1=O. The molecule has 1 aromatic heterocycles. The molecule has 0 aliphatic rings. The zero-order valence-corrected chi connectivity index (χ0v) is 10.6. The number of ether oxygens (including phenoxy) is 1. The average Bonchev–Trinajstić information content (AvgIpc) is 2.74. The monoisotopic (exact) mass is 262 g/mol. The molecule has 6 nitrogen and oxygen atoms in total. The molecular formula is C13H14N2O4. The summed E-state index contributed by atoms with van der Waals surface area (Å²) in [6.45, 7) is 3.82. The number of rotatable bonds is 4. The fraction of sp³-hybridized carbons (Fsp3) is 0.231. The Morgan fingerprint density at radius 3 is 2.68 bits per heavy atom. The quantitative estimate of drug-likeness (QED) is 0.825. The van der Waals surface area contributed by atoms with E-state index in [0.717, 1.165) is 11.3 Å². The molecule has 0 spiro atoms. The molecule has 2 rings (SSSR count). The van der Waals surface area contributed by atoms with Crippen LogP contribution in [0.1, 0.15) is 22.8 Å². The van der Waals surface area contributed by atoms with Crippen LogP contribution < -0.4 is 10.9 Å². The maximum Gasteiger partial charge on any atom is 0.374 e. The summed E-state index contributed by atoms with van der Waals surface area (Å²) in [4.78, 5) is 23.1. The van der Waals surface area contributed by atoms with Crippen molar-refractivity contribution in [3.63, 3.8) is 0 Å². The Bertz CT molecular complexity index is 625. The first-order valence-electron chi connectivity index (χ1n) is 5.84. The Morgan fingerprint density at radius 1 is 1.37 bits per heavy atom. The maximum atomic E-state index is 11.6. The van der Waals surface area contributed by atoms with Crippen molar-refractivity contribution >= 4 is 17.5 Å². The first-order valence-corrected chi connectivity index (χ1v) is 5.84. The van der Waals surface area contributed by atoms with Gasteiger partial charge in [0.1, 0.15) is 0 Å². The first kappa shape index (κ1) is 12.9. The molecule has 0 unspecified atom stereocenters. The predicted molar refractivity (Wildman–Crippen MR) is 69.7 cm³/mol. The van der Waals surface area contributed by atoms with E-state index in [1.54, 1.807) is 6.92 Å². The molecule has 1 aromatic carbocycles. The van der Waals surface area contributed by atoms with Crippen molar-refractivity contribution in [2.24, 2.45) is 0 Å². The minimum atomic E-state index is -0.756. The smallest absolute Gasteiger partial charge is 0.374 e. The van der Waals surface area contributed by atoms with E-state index in [4.69, 9.17) is 4.74 Å². The molecule has 0 fully saturated rings. The molecule has 0 radical (unpaired) electrons. The average molecular weight is 262 g/mol. The molecule has 2 N–H and O–H groups in total. The fourth-order valence-corrected chi connectivity index (χ4v) is 1.56. The fourth-order valence-electron chi connectivity index (χ4n) is 1.56. The van der Waals surface area contributed by atoms with Crippen molar-refractivity contribution in [3.8, 4) is 0 Å². The summed E-state index contributed by atoms with van der Waals surface area (Å²) >= 11 is 0. The third-order valence-electron chi connectivity index (χ3n) is 2.50. The van der Waals surface area contributed by atoms with Gasteiger partial charge in [0.05, 0.1) is 6.61 Å². The molecule has 0 bridgehead atoms. The van der Waals surface area contributed by atoms with Crippen molar-refractivity contribution < 1.29 is 14.1 Å². The Hall–Kier alpha value is -2.50. The largest absolute Gasteiger partial charge is 0.462 e. The van der Waals surface area contributed by atoms with E-state index in [1.807, 2.05) is 31.2 Å². The number of nitrogens with one attached hydrogen (secondary N) is 2. The summed E-state index contributed by atoms with van der Waals surface area (Å²) in [6.07, 6.45) is 0. The number of carbonyl (C=O) groups is 1. The number of esters is 1. The number of benzene rings is 1. The zero-order chi connectivity index (χ0) is 13.8. The summed E-state index contributed by atoms with van der Waals surface area (Å²) in [5.41, 5.74) is 0.917. The third kappa shape index (κ3) is 2.85. The molecule has 0 saturated carbocycles. The van der Waals surface area contributed by atoms with Gasteiger partial charge in [-0.25, -0.2) is 14.7 Å². The summed E-state index contributed by atoms with van der Waals surface area (Å²) in [6, 6.07) is 7.47. The van der Waals surface area contributed by atoms with Gasteiger partial charge in [-0.2, -0.15) is 0 Å². The van der Waals surface area contributed by atoms with Crippen LogP contribution in [-0.4, -0.2) is 17.7 Å². The second kappa shape index (κ2) is 5.43. The van der Waals surface area contributed by atoms with Crippen LogP contribution >= 0.6 is 0 Å². The number of aromatic nitrogens is 1. The number of aryl methyl sites for hydroxylation is 1. The Labute approximate surface area is 109 Å².